The van der Waals surface area contributed by atoms with E-state index in [2.05, 4.69) is 16.0 Å². The second kappa shape index (κ2) is 5.25. The van der Waals surface area contributed by atoms with Crippen LogP contribution in [0.2, 0.25) is 10.0 Å². The first-order valence-corrected chi connectivity index (χ1v) is 8.09. The molecule has 1 unspecified atom stereocenters. The van der Waals surface area contributed by atoms with Crippen LogP contribution in [0.4, 0.5) is 0 Å². The molecule has 0 amide bonds. The fraction of sp³-hybridized carbons (Fsp3) is 0.294. The number of carbonyl (C=O) groups excluding carboxylic acids is 1. The first kappa shape index (κ1) is 14.0. The van der Waals surface area contributed by atoms with Crippen molar-refractivity contribution in [1.82, 2.24) is 9.88 Å². The van der Waals surface area contributed by atoms with Gasteiger partial charge in [-0.05, 0) is 42.7 Å². The van der Waals surface area contributed by atoms with Crippen LogP contribution in [-0.2, 0) is 4.79 Å². The van der Waals surface area contributed by atoms with Gasteiger partial charge >= 0.3 is 0 Å². The number of piperidine rings is 3. The third kappa shape index (κ3) is 2.29. The average Bonchev–Trinajstić information content (AvgIpc) is 2.49. The Hall–Kier alpha value is -1.58. The number of Topliss-reactive ketones (excluding diaryl/α,β-unsaturated/α-hetero) is 1. The summed E-state index contributed by atoms with van der Waals surface area (Å²) in [6.45, 7) is 1.51. The van der Waals surface area contributed by atoms with E-state index in [0.29, 0.717) is 22.4 Å². The van der Waals surface area contributed by atoms with Crippen molar-refractivity contribution in [3.63, 3.8) is 0 Å². The number of ketones is 1. The van der Waals surface area contributed by atoms with E-state index in [4.69, 9.17) is 23.2 Å². The summed E-state index contributed by atoms with van der Waals surface area (Å²) in [5.41, 5.74) is 3.02. The summed E-state index contributed by atoms with van der Waals surface area (Å²) in [6.07, 6.45) is 5.72. The molecule has 0 saturated carbocycles. The summed E-state index contributed by atoms with van der Waals surface area (Å²) in [5.74, 6) is 0.561. The van der Waals surface area contributed by atoms with Crippen LogP contribution in [0.25, 0.3) is 17.0 Å². The molecule has 0 radical (unpaired) electrons. The van der Waals surface area contributed by atoms with Crippen LogP contribution < -0.4 is 0 Å². The largest absolute Gasteiger partial charge is 0.367 e. The van der Waals surface area contributed by atoms with Crippen molar-refractivity contribution in [1.29, 1.82) is 0 Å². The molecule has 22 heavy (non-hydrogen) atoms. The minimum Gasteiger partial charge on any atom is -0.367 e. The standard InChI is InChI=1S/C17H14Cl2N2O/c18-12-7-14-10(1-3-20-17(14)15(19)8-12)5-13-6-11-2-4-21(13)9-16(11)22/h1,3,5,7-8,11H,2,4,6,9H2. The molecular formula is C17H14Cl2N2O. The predicted molar refractivity (Wildman–Crippen MR) is 89.0 cm³/mol. The number of pyridine rings is 1. The van der Waals surface area contributed by atoms with Crippen molar-refractivity contribution in [3.8, 4) is 0 Å². The number of halogens is 2. The van der Waals surface area contributed by atoms with Gasteiger partial charge in [-0.3, -0.25) is 9.78 Å². The molecule has 4 heterocycles. The van der Waals surface area contributed by atoms with E-state index in [1.165, 1.54) is 5.70 Å². The van der Waals surface area contributed by atoms with Gasteiger partial charge in [0.1, 0.15) is 0 Å². The van der Waals surface area contributed by atoms with Crippen LogP contribution in [0.1, 0.15) is 18.4 Å². The van der Waals surface area contributed by atoms with Gasteiger partial charge in [-0.2, -0.15) is 0 Å². The molecular weight excluding hydrogens is 319 g/mol. The van der Waals surface area contributed by atoms with Crippen molar-refractivity contribution < 1.29 is 4.79 Å². The Morgan fingerprint density at radius 1 is 1.32 bits per heavy atom. The third-order valence-corrected chi connectivity index (χ3v) is 5.04. The number of rotatable bonds is 1. The van der Waals surface area contributed by atoms with Gasteiger partial charge in [-0.25, -0.2) is 0 Å². The van der Waals surface area contributed by atoms with Crippen LogP contribution in [-0.4, -0.2) is 28.8 Å². The topological polar surface area (TPSA) is 33.2 Å². The Bertz CT molecular complexity index is 816. The minimum absolute atomic E-state index is 0.191. The molecule has 0 spiro atoms. The van der Waals surface area contributed by atoms with E-state index in [0.717, 1.165) is 35.9 Å². The lowest BCUT2D eigenvalue weighted by atomic mass is 9.84. The van der Waals surface area contributed by atoms with E-state index in [1.54, 1.807) is 12.3 Å². The maximum Gasteiger partial charge on any atom is 0.155 e. The lowest BCUT2D eigenvalue weighted by Crippen LogP contribution is -2.46. The number of nitrogens with zero attached hydrogens (tertiary/aromatic N) is 2. The number of benzene rings is 1. The van der Waals surface area contributed by atoms with Gasteiger partial charge in [-0.1, -0.05) is 23.2 Å². The highest BCUT2D eigenvalue weighted by molar-refractivity contribution is 6.38. The molecule has 2 bridgehead atoms. The van der Waals surface area contributed by atoms with Gasteiger partial charge in [0.15, 0.2) is 5.78 Å². The first-order chi connectivity index (χ1) is 10.6. The molecule has 1 aromatic heterocycles. The monoisotopic (exact) mass is 332 g/mol. The summed E-state index contributed by atoms with van der Waals surface area (Å²) in [6, 6.07) is 5.57. The molecule has 3 fully saturated rings. The van der Waals surface area contributed by atoms with Crippen molar-refractivity contribution in [3.05, 3.63) is 45.7 Å². The summed E-state index contributed by atoms with van der Waals surface area (Å²) >= 11 is 12.4. The Labute approximate surface area is 138 Å². The van der Waals surface area contributed by atoms with Crippen molar-refractivity contribution >= 4 is 46.0 Å². The molecule has 3 aliphatic heterocycles. The summed E-state index contributed by atoms with van der Waals surface area (Å²) in [5, 5.41) is 2.11. The fourth-order valence-corrected chi connectivity index (χ4v) is 3.91. The molecule has 1 atom stereocenters. The van der Waals surface area contributed by atoms with Crippen LogP contribution in [0.5, 0.6) is 0 Å². The van der Waals surface area contributed by atoms with Crippen molar-refractivity contribution in [2.45, 2.75) is 12.8 Å². The number of hydrogen-bond acceptors (Lipinski definition) is 3. The van der Waals surface area contributed by atoms with Crippen LogP contribution in [0.3, 0.4) is 0 Å². The molecule has 3 saturated heterocycles. The molecule has 0 N–H and O–H groups in total. The van der Waals surface area contributed by atoms with Crippen LogP contribution >= 0.6 is 23.2 Å². The summed E-state index contributed by atoms with van der Waals surface area (Å²) < 4.78 is 0. The lowest BCUT2D eigenvalue weighted by molar-refractivity contribution is -0.128. The zero-order valence-electron chi connectivity index (χ0n) is 11.9. The smallest absolute Gasteiger partial charge is 0.155 e. The van der Waals surface area contributed by atoms with Crippen LogP contribution in [0, 0.1) is 5.92 Å². The zero-order valence-corrected chi connectivity index (χ0v) is 13.4. The third-order valence-electron chi connectivity index (χ3n) is 4.53. The van der Waals surface area contributed by atoms with Gasteiger partial charge in [0.05, 0.1) is 17.1 Å². The second-order valence-corrected chi connectivity index (χ2v) is 6.74. The average molecular weight is 333 g/mol. The summed E-state index contributed by atoms with van der Waals surface area (Å²) in [4.78, 5) is 18.4. The zero-order chi connectivity index (χ0) is 15.3. The van der Waals surface area contributed by atoms with Gasteiger partial charge in [0.2, 0.25) is 0 Å². The Morgan fingerprint density at radius 2 is 2.18 bits per heavy atom. The van der Waals surface area contributed by atoms with E-state index in [9.17, 15) is 4.79 Å². The van der Waals surface area contributed by atoms with E-state index < -0.39 is 0 Å². The number of allylic oxidation sites excluding steroid dienone is 1. The van der Waals surface area contributed by atoms with Gasteiger partial charge in [-0.15, -0.1) is 0 Å². The molecule has 3 aliphatic rings. The summed E-state index contributed by atoms with van der Waals surface area (Å²) in [7, 11) is 0. The molecule has 112 valence electrons. The maximum absolute atomic E-state index is 11.8. The number of fused-ring (bicyclic) bond motifs is 4. The normalized spacial score (nSPS) is 22.8. The highest BCUT2D eigenvalue weighted by Gasteiger charge is 2.35. The Balaban J connectivity index is 1.82. The van der Waals surface area contributed by atoms with Crippen molar-refractivity contribution in [2.24, 2.45) is 5.92 Å². The first-order valence-electron chi connectivity index (χ1n) is 7.34. The minimum atomic E-state index is 0.191. The lowest BCUT2D eigenvalue weighted by Gasteiger charge is -2.41. The van der Waals surface area contributed by atoms with E-state index >= 15 is 0 Å². The second-order valence-electron chi connectivity index (χ2n) is 5.90. The van der Waals surface area contributed by atoms with Gasteiger partial charge in [0.25, 0.3) is 0 Å². The van der Waals surface area contributed by atoms with E-state index in [1.807, 2.05) is 12.1 Å². The maximum atomic E-state index is 11.8. The SMILES string of the molecule is O=C1CN2CCC1CC2=Cc1ccnc2c(Cl)cc(Cl)cc12. The quantitative estimate of drug-likeness (QED) is 0.785. The number of hydrogen-bond donors (Lipinski definition) is 0. The van der Waals surface area contributed by atoms with E-state index in [-0.39, 0.29) is 5.92 Å². The number of aromatic nitrogens is 1. The Morgan fingerprint density at radius 3 is 2.91 bits per heavy atom. The molecule has 2 aromatic rings. The molecule has 1 aromatic carbocycles. The Kier molecular flexibility index (Phi) is 3.35. The fourth-order valence-electron chi connectivity index (χ4n) is 3.37. The molecule has 5 rings (SSSR count). The molecule has 0 aliphatic carbocycles. The van der Waals surface area contributed by atoms with Crippen LogP contribution in [0.15, 0.2) is 30.1 Å². The van der Waals surface area contributed by atoms with Crippen molar-refractivity contribution in [2.75, 3.05) is 13.1 Å². The van der Waals surface area contributed by atoms with Gasteiger partial charge in [0, 0.05) is 34.8 Å². The molecule has 5 heteroatoms. The molecule has 3 nitrogen and oxygen atoms in total. The highest BCUT2D eigenvalue weighted by Crippen LogP contribution is 2.35. The highest BCUT2D eigenvalue weighted by atomic mass is 35.5. The predicted octanol–water partition coefficient (Wildman–Crippen LogP) is 4.18. The number of carbonyl (C=O) groups is 1. The van der Waals surface area contributed by atoms with Gasteiger partial charge < -0.3 is 4.90 Å².